The number of carboxylic acid groups (broad SMARTS) is 1. The second-order valence-electron chi connectivity index (χ2n) is 4.30. The van der Waals surface area contributed by atoms with Crippen LogP contribution in [0.3, 0.4) is 0 Å². The molecule has 0 aliphatic heterocycles. The van der Waals surface area contributed by atoms with Crippen LogP contribution in [0.5, 0.6) is 5.75 Å². The molecule has 0 aliphatic rings. The lowest BCUT2D eigenvalue weighted by Gasteiger charge is -2.07. The molecule has 0 saturated heterocycles. The van der Waals surface area contributed by atoms with Crippen LogP contribution in [0.2, 0.25) is 0 Å². The van der Waals surface area contributed by atoms with Crippen molar-refractivity contribution in [1.82, 2.24) is 0 Å². The highest BCUT2D eigenvalue weighted by Crippen LogP contribution is 2.14. The fourth-order valence-electron chi connectivity index (χ4n) is 1.68. The Morgan fingerprint density at radius 1 is 0.900 bits per heavy atom. The largest absolute Gasteiger partial charge is 0.489 e. The van der Waals surface area contributed by atoms with Gasteiger partial charge in [-0.3, -0.25) is 0 Å². The van der Waals surface area contributed by atoms with Crippen molar-refractivity contribution in [2.45, 2.75) is 13.2 Å². The molecule has 20 heavy (non-hydrogen) atoms. The maximum atomic E-state index is 10.3. The predicted molar refractivity (Wildman–Crippen MR) is 74.5 cm³/mol. The normalized spacial score (nSPS) is 10.2. The van der Waals surface area contributed by atoms with Gasteiger partial charge in [-0.25, -0.2) is 4.79 Å². The first-order valence-corrected chi connectivity index (χ1v) is 6.29. The molecule has 1 N–H and O–H groups in total. The molecular weight excluding hydrogens is 256 g/mol. The molecule has 0 spiro atoms. The van der Waals surface area contributed by atoms with Crippen LogP contribution in [0.25, 0.3) is 0 Å². The number of hydrogen-bond acceptors (Lipinski definition) is 3. The number of aliphatic carboxylic acids is 1. The number of rotatable bonds is 7. The summed E-state index contributed by atoms with van der Waals surface area (Å²) in [5.74, 6) is -0.191. The van der Waals surface area contributed by atoms with Crippen molar-refractivity contribution in [3.63, 3.8) is 0 Å². The van der Waals surface area contributed by atoms with Crippen LogP contribution >= 0.6 is 0 Å². The second kappa shape index (κ2) is 7.31. The third-order valence-corrected chi connectivity index (χ3v) is 2.67. The molecule has 4 heteroatoms. The maximum Gasteiger partial charge on any atom is 0.329 e. The molecule has 0 unspecified atom stereocenters. The molecule has 0 radical (unpaired) electrons. The van der Waals surface area contributed by atoms with E-state index in [9.17, 15) is 4.79 Å². The highest BCUT2D eigenvalue weighted by atomic mass is 16.5. The Balaban J connectivity index is 1.81. The van der Waals surface area contributed by atoms with Crippen molar-refractivity contribution in [1.29, 1.82) is 0 Å². The van der Waals surface area contributed by atoms with E-state index < -0.39 is 5.97 Å². The summed E-state index contributed by atoms with van der Waals surface area (Å²) in [6.45, 7) is 0.521. The zero-order valence-electron chi connectivity index (χ0n) is 11.0. The molecular formula is C16H16O4. The molecule has 4 nitrogen and oxygen atoms in total. The Bertz CT molecular complexity index is 534. The maximum absolute atomic E-state index is 10.3. The van der Waals surface area contributed by atoms with E-state index in [2.05, 4.69) is 0 Å². The Hall–Kier alpha value is -2.33. The molecule has 0 aromatic heterocycles. The number of carbonyl (C=O) groups is 1. The highest BCUT2D eigenvalue weighted by Gasteiger charge is 1.99. The Labute approximate surface area is 117 Å². The molecule has 0 amide bonds. The van der Waals surface area contributed by atoms with E-state index in [1.54, 1.807) is 0 Å². The van der Waals surface area contributed by atoms with Gasteiger partial charge in [0.2, 0.25) is 0 Å². The molecule has 0 bridgehead atoms. The van der Waals surface area contributed by atoms with Crippen molar-refractivity contribution in [2.24, 2.45) is 0 Å². The predicted octanol–water partition coefficient (Wildman–Crippen LogP) is 2.87. The number of ether oxygens (including phenoxy) is 2. The first kappa shape index (κ1) is 14.1. The van der Waals surface area contributed by atoms with Gasteiger partial charge in [-0.15, -0.1) is 0 Å². The Morgan fingerprint density at radius 3 is 2.20 bits per heavy atom. The SMILES string of the molecule is O=C(O)COCc1ccc(OCc2ccccc2)cc1. The van der Waals surface area contributed by atoms with Gasteiger partial charge < -0.3 is 14.6 Å². The number of hydrogen-bond donors (Lipinski definition) is 1. The molecule has 2 aromatic rings. The van der Waals surface area contributed by atoms with Crippen LogP contribution in [0, 0.1) is 0 Å². The summed E-state index contributed by atoms with van der Waals surface area (Å²) in [4.78, 5) is 10.3. The standard InChI is InChI=1S/C16H16O4/c17-16(18)12-19-10-14-6-8-15(9-7-14)20-11-13-4-2-1-3-5-13/h1-9H,10-12H2,(H,17,18). The summed E-state index contributed by atoms with van der Waals surface area (Å²) < 4.78 is 10.7. The van der Waals surface area contributed by atoms with Crippen molar-refractivity contribution in [3.05, 3.63) is 65.7 Å². The van der Waals surface area contributed by atoms with E-state index in [4.69, 9.17) is 14.6 Å². The number of carboxylic acids is 1. The minimum Gasteiger partial charge on any atom is -0.489 e. The van der Waals surface area contributed by atoms with Gasteiger partial charge in [0.15, 0.2) is 0 Å². The zero-order valence-corrected chi connectivity index (χ0v) is 11.0. The highest BCUT2D eigenvalue weighted by molar-refractivity contribution is 5.67. The van der Waals surface area contributed by atoms with Crippen molar-refractivity contribution < 1.29 is 19.4 Å². The van der Waals surface area contributed by atoms with Crippen molar-refractivity contribution in [3.8, 4) is 5.75 Å². The van der Waals surface area contributed by atoms with Crippen LogP contribution in [-0.2, 0) is 22.7 Å². The molecule has 0 saturated carbocycles. The summed E-state index contributed by atoms with van der Waals surface area (Å²) in [6.07, 6.45) is 0. The van der Waals surface area contributed by atoms with Gasteiger partial charge in [-0.05, 0) is 23.3 Å². The fourth-order valence-corrected chi connectivity index (χ4v) is 1.68. The zero-order chi connectivity index (χ0) is 14.2. The van der Waals surface area contributed by atoms with E-state index in [0.29, 0.717) is 6.61 Å². The summed E-state index contributed by atoms with van der Waals surface area (Å²) >= 11 is 0. The van der Waals surface area contributed by atoms with Crippen molar-refractivity contribution in [2.75, 3.05) is 6.61 Å². The van der Waals surface area contributed by atoms with Crippen LogP contribution in [0.1, 0.15) is 11.1 Å². The first-order valence-electron chi connectivity index (χ1n) is 6.29. The average molecular weight is 272 g/mol. The molecule has 0 atom stereocenters. The third kappa shape index (κ3) is 4.74. The lowest BCUT2D eigenvalue weighted by molar-refractivity contribution is -0.142. The molecule has 104 valence electrons. The summed E-state index contributed by atoms with van der Waals surface area (Å²) in [6, 6.07) is 17.4. The number of benzene rings is 2. The van der Waals surface area contributed by atoms with Gasteiger partial charge >= 0.3 is 5.97 Å². The molecule has 0 aliphatic carbocycles. The second-order valence-corrected chi connectivity index (χ2v) is 4.30. The molecule has 0 fully saturated rings. The van der Waals surface area contributed by atoms with E-state index in [-0.39, 0.29) is 13.2 Å². The monoisotopic (exact) mass is 272 g/mol. The molecule has 2 aromatic carbocycles. The third-order valence-electron chi connectivity index (χ3n) is 2.67. The topological polar surface area (TPSA) is 55.8 Å². The van der Waals surface area contributed by atoms with Gasteiger partial charge in [-0.1, -0.05) is 42.5 Å². The molecule has 2 rings (SSSR count). The fraction of sp³-hybridized carbons (Fsp3) is 0.188. The Morgan fingerprint density at radius 2 is 1.55 bits per heavy atom. The van der Waals surface area contributed by atoms with Crippen LogP contribution in [0.4, 0.5) is 0 Å². The summed E-state index contributed by atoms with van der Waals surface area (Å²) in [5, 5.41) is 8.47. The van der Waals surface area contributed by atoms with Crippen LogP contribution in [0.15, 0.2) is 54.6 Å². The van der Waals surface area contributed by atoms with Gasteiger partial charge in [0, 0.05) is 0 Å². The summed E-state index contributed by atoms with van der Waals surface area (Å²) in [5.41, 5.74) is 2.03. The smallest absolute Gasteiger partial charge is 0.329 e. The van der Waals surface area contributed by atoms with Gasteiger partial charge in [-0.2, -0.15) is 0 Å². The lowest BCUT2D eigenvalue weighted by Crippen LogP contribution is -2.06. The first-order chi connectivity index (χ1) is 9.74. The van der Waals surface area contributed by atoms with Crippen molar-refractivity contribution >= 4 is 5.97 Å². The minimum atomic E-state index is -0.965. The van der Waals surface area contributed by atoms with Gasteiger partial charge in [0.1, 0.15) is 19.0 Å². The summed E-state index contributed by atoms with van der Waals surface area (Å²) in [7, 11) is 0. The van der Waals surface area contributed by atoms with E-state index >= 15 is 0 Å². The van der Waals surface area contributed by atoms with Gasteiger partial charge in [0.05, 0.1) is 6.61 Å². The van der Waals surface area contributed by atoms with Crippen LogP contribution in [-0.4, -0.2) is 17.7 Å². The van der Waals surface area contributed by atoms with Gasteiger partial charge in [0.25, 0.3) is 0 Å². The van der Waals surface area contributed by atoms with E-state index in [1.807, 2.05) is 54.6 Å². The average Bonchev–Trinajstić information content (AvgIpc) is 2.47. The van der Waals surface area contributed by atoms with Crippen LogP contribution < -0.4 is 4.74 Å². The molecule has 0 heterocycles. The minimum absolute atomic E-state index is 0.283. The van der Waals surface area contributed by atoms with E-state index in [1.165, 1.54) is 0 Å². The quantitative estimate of drug-likeness (QED) is 0.842. The Kier molecular flexibility index (Phi) is 5.15. The van der Waals surface area contributed by atoms with E-state index in [0.717, 1.165) is 16.9 Å². The lowest BCUT2D eigenvalue weighted by atomic mass is 10.2.